The molecule has 22 heavy (non-hydrogen) atoms. The van der Waals surface area contributed by atoms with Gasteiger partial charge < -0.3 is 10.6 Å². The van der Waals surface area contributed by atoms with Gasteiger partial charge in [0, 0.05) is 5.69 Å². The number of hydrogen-bond donors (Lipinski definition) is 2. The molecule has 0 radical (unpaired) electrons. The van der Waals surface area contributed by atoms with Gasteiger partial charge in [-0.15, -0.1) is 0 Å². The van der Waals surface area contributed by atoms with Crippen molar-refractivity contribution in [2.45, 2.75) is 13.3 Å². The number of carbonyl (C=O) groups excluding carboxylic acids is 1. The van der Waals surface area contributed by atoms with E-state index in [9.17, 15) is 18.0 Å². The molecule has 0 saturated carbocycles. The summed E-state index contributed by atoms with van der Waals surface area (Å²) < 4.78 is 39.2. The SMILES string of the molecule is CCc1ccc(NC(=O)CNc2ccc(F)c(F)c2F)cc1. The minimum Gasteiger partial charge on any atom is -0.374 e. The molecule has 116 valence electrons. The smallest absolute Gasteiger partial charge is 0.243 e. The van der Waals surface area contributed by atoms with Crippen molar-refractivity contribution in [1.29, 1.82) is 0 Å². The van der Waals surface area contributed by atoms with E-state index in [2.05, 4.69) is 10.6 Å². The summed E-state index contributed by atoms with van der Waals surface area (Å²) >= 11 is 0. The van der Waals surface area contributed by atoms with Crippen LogP contribution in [0.15, 0.2) is 36.4 Å². The number of anilines is 2. The van der Waals surface area contributed by atoms with Crippen LogP contribution in [0.3, 0.4) is 0 Å². The summed E-state index contributed by atoms with van der Waals surface area (Å²) in [6.45, 7) is 1.76. The van der Waals surface area contributed by atoms with Crippen LogP contribution in [0, 0.1) is 17.5 Å². The molecule has 1 amide bonds. The van der Waals surface area contributed by atoms with Crippen LogP contribution in [0.4, 0.5) is 24.5 Å². The Morgan fingerprint density at radius 3 is 2.32 bits per heavy atom. The lowest BCUT2D eigenvalue weighted by Crippen LogP contribution is -2.22. The predicted octanol–water partition coefficient (Wildman–Crippen LogP) is 3.72. The Kier molecular flexibility index (Phi) is 5.04. The molecule has 0 heterocycles. The van der Waals surface area contributed by atoms with Gasteiger partial charge in [-0.05, 0) is 36.2 Å². The fourth-order valence-corrected chi connectivity index (χ4v) is 1.87. The van der Waals surface area contributed by atoms with Gasteiger partial charge in [0.25, 0.3) is 0 Å². The topological polar surface area (TPSA) is 41.1 Å². The van der Waals surface area contributed by atoms with E-state index in [-0.39, 0.29) is 12.2 Å². The summed E-state index contributed by atoms with van der Waals surface area (Å²) in [5, 5.41) is 5.05. The minimum absolute atomic E-state index is 0.266. The highest BCUT2D eigenvalue weighted by Crippen LogP contribution is 2.19. The number of halogens is 3. The van der Waals surface area contributed by atoms with Crippen molar-refractivity contribution in [2.75, 3.05) is 17.2 Å². The van der Waals surface area contributed by atoms with E-state index >= 15 is 0 Å². The maximum absolute atomic E-state index is 13.4. The van der Waals surface area contributed by atoms with Gasteiger partial charge in [-0.3, -0.25) is 4.79 Å². The summed E-state index contributed by atoms with van der Waals surface area (Å²) in [6.07, 6.45) is 0.894. The maximum Gasteiger partial charge on any atom is 0.243 e. The number of amides is 1. The number of aryl methyl sites for hydroxylation is 1. The number of nitrogens with one attached hydrogen (secondary N) is 2. The zero-order valence-corrected chi connectivity index (χ0v) is 11.9. The Morgan fingerprint density at radius 2 is 1.68 bits per heavy atom. The van der Waals surface area contributed by atoms with Crippen LogP contribution in [-0.2, 0) is 11.2 Å². The normalized spacial score (nSPS) is 10.4. The monoisotopic (exact) mass is 308 g/mol. The highest BCUT2D eigenvalue weighted by atomic mass is 19.2. The molecule has 0 aliphatic heterocycles. The lowest BCUT2D eigenvalue weighted by molar-refractivity contribution is -0.114. The zero-order valence-electron chi connectivity index (χ0n) is 11.9. The lowest BCUT2D eigenvalue weighted by Gasteiger charge is -2.09. The van der Waals surface area contributed by atoms with Crippen LogP contribution < -0.4 is 10.6 Å². The maximum atomic E-state index is 13.4. The first-order valence-electron chi connectivity index (χ1n) is 6.77. The number of hydrogen-bond acceptors (Lipinski definition) is 2. The Labute approximate surface area is 126 Å². The second kappa shape index (κ2) is 6.98. The van der Waals surface area contributed by atoms with E-state index in [0.717, 1.165) is 24.1 Å². The van der Waals surface area contributed by atoms with Crippen LogP contribution in [0.1, 0.15) is 12.5 Å². The molecule has 0 atom stereocenters. The first kappa shape index (κ1) is 15.9. The van der Waals surface area contributed by atoms with Crippen molar-refractivity contribution < 1.29 is 18.0 Å². The van der Waals surface area contributed by atoms with Crippen LogP contribution in [0.5, 0.6) is 0 Å². The van der Waals surface area contributed by atoms with Gasteiger partial charge in [0.15, 0.2) is 17.5 Å². The first-order chi connectivity index (χ1) is 10.5. The van der Waals surface area contributed by atoms with Gasteiger partial charge in [-0.2, -0.15) is 0 Å². The van der Waals surface area contributed by atoms with E-state index in [4.69, 9.17) is 0 Å². The average molecular weight is 308 g/mol. The van der Waals surface area contributed by atoms with Crippen molar-refractivity contribution in [3.8, 4) is 0 Å². The van der Waals surface area contributed by atoms with Gasteiger partial charge in [0.2, 0.25) is 5.91 Å². The summed E-state index contributed by atoms with van der Waals surface area (Å²) in [5.41, 5.74) is 1.48. The van der Waals surface area contributed by atoms with Crippen LogP contribution in [0.2, 0.25) is 0 Å². The molecule has 0 unspecified atom stereocenters. The Morgan fingerprint density at radius 1 is 1.00 bits per heavy atom. The molecule has 0 aliphatic rings. The van der Waals surface area contributed by atoms with Crippen molar-refractivity contribution in [3.05, 3.63) is 59.4 Å². The highest BCUT2D eigenvalue weighted by Gasteiger charge is 2.13. The summed E-state index contributed by atoms with van der Waals surface area (Å²) in [4.78, 5) is 11.7. The van der Waals surface area contributed by atoms with E-state index in [0.29, 0.717) is 5.69 Å². The van der Waals surface area contributed by atoms with Gasteiger partial charge in [-0.25, -0.2) is 13.2 Å². The molecular weight excluding hydrogens is 293 g/mol. The molecule has 0 aliphatic carbocycles. The fraction of sp³-hybridized carbons (Fsp3) is 0.188. The molecular formula is C16H15F3N2O. The molecule has 0 saturated heterocycles. The summed E-state index contributed by atoms with van der Waals surface area (Å²) in [5.74, 6) is -4.61. The first-order valence-corrected chi connectivity index (χ1v) is 6.77. The molecule has 6 heteroatoms. The third-order valence-corrected chi connectivity index (χ3v) is 3.12. The van der Waals surface area contributed by atoms with Crippen LogP contribution >= 0.6 is 0 Å². The molecule has 2 rings (SSSR count). The van der Waals surface area contributed by atoms with Crippen molar-refractivity contribution in [3.63, 3.8) is 0 Å². The van der Waals surface area contributed by atoms with E-state index in [1.807, 2.05) is 19.1 Å². The van der Waals surface area contributed by atoms with Crippen molar-refractivity contribution in [1.82, 2.24) is 0 Å². The third kappa shape index (κ3) is 3.78. The predicted molar refractivity (Wildman–Crippen MR) is 79.3 cm³/mol. The third-order valence-electron chi connectivity index (χ3n) is 3.12. The molecule has 2 N–H and O–H groups in total. The molecule has 2 aromatic carbocycles. The van der Waals surface area contributed by atoms with E-state index in [1.165, 1.54) is 0 Å². The van der Waals surface area contributed by atoms with Crippen molar-refractivity contribution >= 4 is 17.3 Å². The largest absolute Gasteiger partial charge is 0.374 e. The average Bonchev–Trinajstić information content (AvgIpc) is 2.53. The summed E-state index contributed by atoms with van der Waals surface area (Å²) in [6, 6.07) is 9.12. The number of benzene rings is 2. The molecule has 2 aromatic rings. The lowest BCUT2D eigenvalue weighted by atomic mass is 10.1. The standard InChI is InChI=1S/C16H15F3N2O/c1-2-10-3-5-11(6-4-10)21-14(22)9-20-13-8-7-12(17)15(18)16(13)19/h3-8,20H,2,9H2,1H3,(H,21,22). The molecule has 3 nitrogen and oxygen atoms in total. The molecule has 0 bridgehead atoms. The number of carbonyl (C=O) groups is 1. The van der Waals surface area contributed by atoms with Crippen molar-refractivity contribution in [2.24, 2.45) is 0 Å². The van der Waals surface area contributed by atoms with Crippen LogP contribution in [-0.4, -0.2) is 12.5 Å². The van der Waals surface area contributed by atoms with Gasteiger partial charge >= 0.3 is 0 Å². The van der Waals surface area contributed by atoms with E-state index < -0.39 is 23.4 Å². The van der Waals surface area contributed by atoms with Crippen LogP contribution in [0.25, 0.3) is 0 Å². The fourth-order valence-electron chi connectivity index (χ4n) is 1.87. The Balaban J connectivity index is 1.94. The van der Waals surface area contributed by atoms with Gasteiger partial charge in [0.1, 0.15) is 0 Å². The second-order valence-electron chi connectivity index (χ2n) is 4.68. The number of rotatable bonds is 5. The highest BCUT2D eigenvalue weighted by molar-refractivity contribution is 5.93. The Hall–Kier alpha value is -2.50. The second-order valence-corrected chi connectivity index (χ2v) is 4.68. The molecule has 0 fully saturated rings. The zero-order chi connectivity index (χ0) is 16.1. The molecule has 0 spiro atoms. The molecule has 0 aromatic heterocycles. The van der Waals surface area contributed by atoms with E-state index in [1.54, 1.807) is 12.1 Å². The van der Waals surface area contributed by atoms with Gasteiger partial charge in [-0.1, -0.05) is 19.1 Å². The minimum atomic E-state index is -1.57. The van der Waals surface area contributed by atoms with Gasteiger partial charge in [0.05, 0.1) is 12.2 Å². The Bertz CT molecular complexity index is 672. The quantitative estimate of drug-likeness (QED) is 0.827. The summed E-state index contributed by atoms with van der Waals surface area (Å²) in [7, 11) is 0.